The summed E-state index contributed by atoms with van der Waals surface area (Å²) in [6, 6.07) is 0.0393. The number of hydrogen-bond donors (Lipinski definition) is 1. The minimum atomic E-state index is 0.0393. The highest BCUT2D eigenvalue weighted by Crippen LogP contribution is 2.01. The summed E-state index contributed by atoms with van der Waals surface area (Å²) in [5.74, 6) is 0. The van der Waals surface area contributed by atoms with Gasteiger partial charge in [-0.25, -0.2) is 4.79 Å². The van der Waals surface area contributed by atoms with Crippen LogP contribution in [0.25, 0.3) is 0 Å². The Bertz CT molecular complexity index is 231. The van der Waals surface area contributed by atoms with Crippen molar-refractivity contribution < 1.29 is 14.3 Å². The van der Waals surface area contributed by atoms with Crippen LogP contribution < -0.4 is 5.32 Å². The molecular formula is C12H25N3O3. The van der Waals surface area contributed by atoms with Crippen molar-refractivity contribution in [1.29, 1.82) is 0 Å². The molecule has 0 saturated carbocycles. The van der Waals surface area contributed by atoms with Crippen molar-refractivity contribution in [2.45, 2.75) is 6.42 Å². The van der Waals surface area contributed by atoms with Gasteiger partial charge in [0.2, 0.25) is 0 Å². The molecule has 6 nitrogen and oxygen atoms in total. The molecule has 2 amide bonds. The van der Waals surface area contributed by atoms with Crippen molar-refractivity contribution in [3.63, 3.8) is 0 Å². The quantitative estimate of drug-likeness (QED) is 0.654. The van der Waals surface area contributed by atoms with Gasteiger partial charge >= 0.3 is 6.03 Å². The van der Waals surface area contributed by atoms with Crippen molar-refractivity contribution in [3.05, 3.63) is 0 Å². The van der Waals surface area contributed by atoms with Gasteiger partial charge in [0.25, 0.3) is 0 Å². The van der Waals surface area contributed by atoms with Crippen LogP contribution in [0.3, 0.4) is 0 Å². The number of ether oxygens (including phenoxy) is 2. The number of carbonyl (C=O) groups excluding carboxylic acids is 1. The molecule has 0 aromatic rings. The standard InChI is InChI=1S/C12H25N3O3/c1-17-10-3-4-13-12(16)15-7-5-14(6-8-15)9-11-18-2/h3-11H2,1-2H3,(H,13,16). The number of nitrogens with one attached hydrogen (secondary N) is 1. The number of urea groups is 1. The van der Waals surface area contributed by atoms with E-state index in [2.05, 4.69) is 10.2 Å². The maximum atomic E-state index is 11.8. The highest BCUT2D eigenvalue weighted by atomic mass is 16.5. The zero-order valence-electron chi connectivity index (χ0n) is 11.5. The Balaban J connectivity index is 2.11. The minimum Gasteiger partial charge on any atom is -0.385 e. The van der Waals surface area contributed by atoms with E-state index in [1.54, 1.807) is 14.2 Å². The van der Waals surface area contributed by atoms with E-state index in [4.69, 9.17) is 9.47 Å². The molecule has 0 unspecified atom stereocenters. The number of methoxy groups -OCH3 is 2. The van der Waals surface area contributed by atoms with E-state index < -0.39 is 0 Å². The van der Waals surface area contributed by atoms with Crippen LogP contribution in [0.1, 0.15) is 6.42 Å². The number of piperazine rings is 1. The monoisotopic (exact) mass is 259 g/mol. The fraction of sp³-hybridized carbons (Fsp3) is 0.917. The fourth-order valence-corrected chi connectivity index (χ4v) is 1.92. The number of amides is 2. The fourth-order valence-electron chi connectivity index (χ4n) is 1.92. The van der Waals surface area contributed by atoms with Gasteiger partial charge in [-0.3, -0.25) is 4.90 Å². The molecule has 0 radical (unpaired) electrons. The lowest BCUT2D eigenvalue weighted by Crippen LogP contribution is -2.52. The van der Waals surface area contributed by atoms with Crippen molar-refractivity contribution in [3.8, 4) is 0 Å². The summed E-state index contributed by atoms with van der Waals surface area (Å²) in [7, 11) is 3.38. The van der Waals surface area contributed by atoms with Crippen molar-refractivity contribution in [2.75, 3.05) is 66.7 Å². The van der Waals surface area contributed by atoms with Gasteiger partial charge in [0.05, 0.1) is 6.61 Å². The maximum absolute atomic E-state index is 11.8. The van der Waals surface area contributed by atoms with E-state index in [9.17, 15) is 4.79 Å². The van der Waals surface area contributed by atoms with Gasteiger partial charge in [-0.15, -0.1) is 0 Å². The van der Waals surface area contributed by atoms with Gasteiger partial charge in [-0.1, -0.05) is 0 Å². The van der Waals surface area contributed by atoms with E-state index in [1.165, 1.54) is 0 Å². The van der Waals surface area contributed by atoms with Crippen LogP contribution in [0.15, 0.2) is 0 Å². The molecule has 1 heterocycles. The van der Waals surface area contributed by atoms with Crippen LogP contribution in [-0.4, -0.2) is 82.5 Å². The first kappa shape index (κ1) is 15.2. The van der Waals surface area contributed by atoms with E-state index in [1.807, 2.05) is 4.90 Å². The van der Waals surface area contributed by atoms with Crippen molar-refractivity contribution >= 4 is 6.03 Å². The first-order valence-electron chi connectivity index (χ1n) is 6.51. The highest BCUT2D eigenvalue weighted by Gasteiger charge is 2.20. The summed E-state index contributed by atoms with van der Waals surface area (Å²) >= 11 is 0. The molecule has 0 aromatic carbocycles. The molecule has 106 valence electrons. The molecule has 0 bridgehead atoms. The normalized spacial score (nSPS) is 16.9. The Morgan fingerprint density at radius 2 is 1.78 bits per heavy atom. The Morgan fingerprint density at radius 1 is 1.11 bits per heavy atom. The van der Waals surface area contributed by atoms with Gasteiger partial charge in [-0.05, 0) is 6.42 Å². The molecular weight excluding hydrogens is 234 g/mol. The molecule has 1 aliphatic heterocycles. The summed E-state index contributed by atoms with van der Waals surface area (Å²) in [5.41, 5.74) is 0. The third kappa shape index (κ3) is 5.66. The molecule has 0 spiro atoms. The molecule has 1 fully saturated rings. The first-order chi connectivity index (χ1) is 8.77. The van der Waals surface area contributed by atoms with Gasteiger partial charge in [0, 0.05) is 60.1 Å². The van der Waals surface area contributed by atoms with Gasteiger partial charge in [0.1, 0.15) is 0 Å². The van der Waals surface area contributed by atoms with Crippen LogP contribution in [0.5, 0.6) is 0 Å². The Kier molecular flexibility index (Phi) is 7.71. The molecule has 0 atom stereocenters. The van der Waals surface area contributed by atoms with Crippen LogP contribution in [-0.2, 0) is 9.47 Å². The average molecular weight is 259 g/mol. The second kappa shape index (κ2) is 9.13. The van der Waals surface area contributed by atoms with Crippen LogP contribution in [0.4, 0.5) is 4.79 Å². The number of nitrogens with zero attached hydrogens (tertiary/aromatic N) is 2. The van der Waals surface area contributed by atoms with Crippen LogP contribution in [0, 0.1) is 0 Å². The summed E-state index contributed by atoms with van der Waals surface area (Å²) in [4.78, 5) is 16.0. The van der Waals surface area contributed by atoms with Gasteiger partial charge in [0.15, 0.2) is 0 Å². The minimum absolute atomic E-state index is 0.0393. The molecule has 6 heteroatoms. The Hall–Kier alpha value is -0.850. The maximum Gasteiger partial charge on any atom is 0.317 e. The van der Waals surface area contributed by atoms with Crippen molar-refractivity contribution in [1.82, 2.24) is 15.1 Å². The van der Waals surface area contributed by atoms with Crippen LogP contribution in [0.2, 0.25) is 0 Å². The summed E-state index contributed by atoms with van der Waals surface area (Å²) in [6.45, 7) is 6.49. The molecule has 18 heavy (non-hydrogen) atoms. The summed E-state index contributed by atoms with van der Waals surface area (Å²) < 4.78 is 9.99. The predicted octanol–water partition coefficient (Wildman–Crippen LogP) is -0.00350. The second-order valence-electron chi connectivity index (χ2n) is 4.40. The lowest BCUT2D eigenvalue weighted by atomic mass is 10.3. The third-order valence-corrected chi connectivity index (χ3v) is 3.07. The van der Waals surface area contributed by atoms with E-state index in [0.717, 1.165) is 45.8 Å². The van der Waals surface area contributed by atoms with Gasteiger partial charge < -0.3 is 19.7 Å². The molecule has 0 aromatic heterocycles. The molecule has 0 aliphatic carbocycles. The summed E-state index contributed by atoms with van der Waals surface area (Å²) in [5, 5.41) is 2.91. The second-order valence-corrected chi connectivity index (χ2v) is 4.40. The number of rotatable bonds is 7. The zero-order chi connectivity index (χ0) is 13.2. The van der Waals surface area contributed by atoms with Gasteiger partial charge in [-0.2, -0.15) is 0 Å². The van der Waals surface area contributed by atoms with Crippen molar-refractivity contribution in [2.24, 2.45) is 0 Å². The lowest BCUT2D eigenvalue weighted by Gasteiger charge is -2.34. The molecule has 1 saturated heterocycles. The lowest BCUT2D eigenvalue weighted by molar-refractivity contribution is 0.106. The molecule has 1 rings (SSSR count). The molecule has 1 N–H and O–H groups in total. The largest absolute Gasteiger partial charge is 0.385 e. The smallest absolute Gasteiger partial charge is 0.317 e. The molecule has 1 aliphatic rings. The van der Waals surface area contributed by atoms with Crippen LogP contribution >= 0.6 is 0 Å². The number of carbonyl (C=O) groups is 1. The summed E-state index contributed by atoms with van der Waals surface area (Å²) in [6.07, 6.45) is 0.857. The number of hydrogen-bond acceptors (Lipinski definition) is 4. The average Bonchev–Trinajstić information content (AvgIpc) is 2.41. The van der Waals surface area contributed by atoms with E-state index in [-0.39, 0.29) is 6.03 Å². The first-order valence-corrected chi connectivity index (χ1v) is 6.51. The Labute approximate surface area is 109 Å². The van der Waals surface area contributed by atoms with E-state index >= 15 is 0 Å². The SMILES string of the molecule is COCCCNC(=O)N1CCN(CCOC)CC1. The van der Waals surface area contributed by atoms with E-state index in [0.29, 0.717) is 13.2 Å². The Morgan fingerprint density at radius 3 is 2.39 bits per heavy atom. The highest BCUT2D eigenvalue weighted by molar-refractivity contribution is 5.74. The third-order valence-electron chi connectivity index (χ3n) is 3.07. The predicted molar refractivity (Wildman–Crippen MR) is 69.8 cm³/mol. The zero-order valence-corrected chi connectivity index (χ0v) is 11.5. The topological polar surface area (TPSA) is 54.0 Å².